The van der Waals surface area contributed by atoms with Crippen LogP contribution in [0.5, 0.6) is 0 Å². The highest BCUT2D eigenvalue weighted by Gasteiger charge is 1.97. The van der Waals surface area contributed by atoms with Gasteiger partial charge in [-0.1, -0.05) is 5.92 Å². The van der Waals surface area contributed by atoms with Gasteiger partial charge in [-0.2, -0.15) is 0 Å². The van der Waals surface area contributed by atoms with Crippen molar-refractivity contribution in [2.45, 2.75) is 18.7 Å². The first kappa shape index (κ1) is 9.94. The molecule has 0 N–H and O–H groups in total. The van der Waals surface area contributed by atoms with Crippen molar-refractivity contribution < 1.29 is 4.42 Å². The molecule has 3 heteroatoms. The molecular weight excluding hydrogens is 184 g/mol. The van der Waals surface area contributed by atoms with Crippen LogP contribution in [0.3, 0.4) is 0 Å². The highest BCUT2D eigenvalue weighted by Crippen LogP contribution is 2.15. The van der Waals surface area contributed by atoms with E-state index >= 15 is 0 Å². The highest BCUT2D eigenvalue weighted by atomic mass is 32.2. The van der Waals surface area contributed by atoms with Crippen molar-refractivity contribution >= 4 is 11.8 Å². The van der Waals surface area contributed by atoms with Crippen LogP contribution in [0.2, 0.25) is 0 Å². The van der Waals surface area contributed by atoms with E-state index in [1.807, 2.05) is 6.07 Å². The second kappa shape index (κ2) is 4.78. The number of hydrogen-bond acceptors (Lipinski definition) is 3. The first-order chi connectivity index (χ1) is 6.22. The van der Waals surface area contributed by atoms with E-state index in [-0.39, 0.29) is 5.63 Å². The van der Waals surface area contributed by atoms with Crippen molar-refractivity contribution in [3.8, 4) is 11.8 Å². The normalized spacial score (nSPS) is 9.08. The Bertz CT molecular complexity index is 395. The zero-order valence-electron chi connectivity index (χ0n) is 7.59. The summed E-state index contributed by atoms with van der Waals surface area (Å²) < 4.78 is 4.82. The van der Waals surface area contributed by atoms with E-state index in [1.54, 1.807) is 13.8 Å². The van der Waals surface area contributed by atoms with Gasteiger partial charge in [0.15, 0.2) is 0 Å². The first-order valence-corrected chi connectivity index (χ1v) is 4.85. The van der Waals surface area contributed by atoms with Crippen molar-refractivity contribution in [3.05, 3.63) is 28.3 Å². The average molecular weight is 194 g/mol. The second-order valence-corrected chi connectivity index (χ2v) is 3.49. The van der Waals surface area contributed by atoms with Gasteiger partial charge in [0.25, 0.3) is 0 Å². The van der Waals surface area contributed by atoms with Crippen LogP contribution in [0.25, 0.3) is 0 Å². The predicted molar refractivity (Wildman–Crippen MR) is 53.9 cm³/mol. The van der Waals surface area contributed by atoms with Crippen molar-refractivity contribution in [2.75, 3.05) is 5.75 Å². The van der Waals surface area contributed by atoms with Gasteiger partial charge >= 0.3 is 5.63 Å². The molecule has 0 atom stereocenters. The molecule has 0 amide bonds. The van der Waals surface area contributed by atoms with Crippen LogP contribution < -0.4 is 5.63 Å². The average Bonchev–Trinajstić information content (AvgIpc) is 2.03. The van der Waals surface area contributed by atoms with Crippen LogP contribution in [0.1, 0.15) is 12.7 Å². The summed E-state index contributed by atoms with van der Waals surface area (Å²) in [6, 6.07) is 3.32. The molecule has 0 aromatic carbocycles. The maximum Gasteiger partial charge on any atom is 0.336 e. The topological polar surface area (TPSA) is 30.2 Å². The Morgan fingerprint density at radius 3 is 2.92 bits per heavy atom. The lowest BCUT2D eigenvalue weighted by atomic mass is 10.4. The van der Waals surface area contributed by atoms with Crippen molar-refractivity contribution in [1.29, 1.82) is 0 Å². The Morgan fingerprint density at radius 1 is 1.54 bits per heavy atom. The Morgan fingerprint density at radius 2 is 2.31 bits per heavy atom. The maximum atomic E-state index is 10.9. The molecule has 1 aromatic heterocycles. The van der Waals surface area contributed by atoms with Gasteiger partial charge in [-0.25, -0.2) is 4.79 Å². The van der Waals surface area contributed by atoms with Crippen molar-refractivity contribution in [2.24, 2.45) is 0 Å². The zero-order chi connectivity index (χ0) is 9.68. The monoisotopic (exact) mass is 194 g/mol. The summed E-state index contributed by atoms with van der Waals surface area (Å²) in [7, 11) is 0. The molecule has 13 heavy (non-hydrogen) atoms. The summed E-state index contributed by atoms with van der Waals surface area (Å²) in [5.74, 6) is 7.06. The fourth-order valence-corrected chi connectivity index (χ4v) is 1.66. The lowest BCUT2D eigenvalue weighted by Crippen LogP contribution is -1.97. The summed E-state index contributed by atoms with van der Waals surface area (Å²) in [4.78, 5) is 11.8. The van der Waals surface area contributed by atoms with E-state index < -0.39 is 0 Å². The van der Waals surface area contributed by atoms with Gasteiger partial charge in [-0.05, 0) is 19.9 Å². The van der Waals surface area contributed by atoms with Gasteiger partial charge in [0.05, 0.1) is 5.75 Å². The minimum absolute atomic E-state index is 0.299. The van der Waals surface area contributed by atoms with E-state index in [4.69, 9.17) is 4.42 Å². The van der Waals surface area contributed by atoms with Gasteiger partial charge in [0.2, 0.25) is 0 Å². The molecule has 0 saturated heterocycles. The Hall–Kier alpha value is -1.14. The van der Waals surface area contributed by atoms with Crippen LogP contribution >= 0.6 is 11.8 Å². The Kier molecular flexibility index (Phi) is 3.66. The molecule has 0 aliphatic carbocycles. The molecule has 0 fully saturated rings. The minimum atomic E-state index is -0.299. The molecule has 68 valence electrons. The third-order valence-corrected chi connectivity index (χ3v) is 2.21. The molecule has 0 radical (unpaired) electrons. The first-order valence-electron chi connectivity index (χ1n) is 3.86. The number of rotatable bonds is 2. The molecule has 1 aromatic rings. The largest absolute Gasteiger partial charge is 0.428 e. The summed E-state index contributed by atoms with van der Waals surface area (Å²) in [6.07, 6.45) is 0. The Labute approximate surface area is 81.3 Å². The molecule has 0 aliphatic rings. The van der Waals surface area contributed by atoms with Crippen LogP contribution in [-0.2, 0) is 0 Å². The van der Waals surface area contributed by atoms with E-state index in [0.717, 1.165) is 4.90 Å². The lowest BCUT2D eigenvalue weighted by Gasteiger charge is -1.96. The standard InChI is InChI=1S/C10H10O2S/c1-3-4-5-13-9-6-8(2)12-10(11)7-9/h6-7H,5H2,1-2H3. The highest BCUT2D eigenvalue weighted by molar-refractivity contribution is 7.99. The SMILES string of the molecule is CC#CCSc1cc(C)oc(=O)c1. The Balaban J connectivity index is 2.75. The summed E-state index contributed by atoms with van der Waals surface area (Å²) in [6.45, 7) is 3.56. The van der Waals surface area contributed by atoms with Crippen molar-refractivity contribution in [3.63, 3.8) is 0 Å². The molecule has 1 heterocycles. The predicted octanol–water partition coefficient (Wildman–Crippen LogP) is 2.06. The van der Waals surface area contributed by atoms with Gasteiger partial charge in [0, 0.05) is 11.0 Å². The number of hydrogen-bond donors (Lipinski definition) is 0. The fraction of sp³-hybridized carbons (Fsp3) is 0.300. The van der Waals surface area contributed by atoms with Crippen LogP contribution in [-0.4, -0.2) is 5.75 Å². The van der Waals surface area contributed by atoms with E-state index in [0.29, 0.717) is 11.5 Å². The minimum Gasteiger partial charge on any atom is -0.428 e. The quantitative estimate of drug-likeness (QED) is 0.533. The summed E-state index contributed by atoms with van der Waals surface area (Å²) in [5, 5.41) is 0. The maximum absolute atomic E-state index is 10.9. The summed E-state index contributed by atoms with van der Waals surface area (Å²) >= 11 is 1.54. The van der Waals surface area contributed by atoms with Crippen molar-refractivity contribution in [1.82, 2.24) is 0 Å². The molecular formula is C10H10O2S. The molecule has 0 saturated carbocycles. The smallest absolute Gasteiger partial charge is 0.336 e. The van der Waals surface area contributed by atoms with Crippen LogP contribution in [0.4, 0.5) is 0 Å². The molecule has 0 aliphatic heterocycles. The molecule has 1 rings (SSSR count). The van der Waals surface area contributed by atoms with E-state index in [2.05, 4.69) is 11.8 Å². The van der Waals surface area contributed by atoms with E-state index in [9.17, 15) is 4.79 Å². The fourth-order valence-electron chi connectivity index (χ4n) is 0.851. The zero-order valence-corrected chi connectivity index (χ0v) is 8.40. The number of thioether (sulfide) groups is 1. The third kappa shape index (κ3) is 3.39. The molecule has 0 bridgehead atoms. The van der Waals surface area contributed by atoms with Gasteiger partial charge in [-0.3, -0.25) is 0 Å². The molecule has 2 nitrogen and oxygen atoms in total. The lowest BCUT2D eigenvalue weighted by molar-refractivity contribution is 0.475. The molecule has 0 unspecified atom stereocenters. The molecule has 0 spiro atoms. The van der Waals surface area contributed by atoms with Gasteiger partial charge < -0.3 is 4.42 Å². The van der Waals surface area contributed by atoms with Gasteiger partial charge in [0.1, 0.15) is 5.76 Å². The summed E-state index contributed by atoms with van der Waals surface area (Å²) in [5.41, 5.74) is -0.299. The third-order valence-electron chi connectivity index (χ3n) is 1.35. The van der Waals surface area contributed by atoms with Gasteiger partial charge in [-0.15, -0.1) is 17.7 Å². The van der Waals surface area contributed by atoms with Crippen LogP contribution in [0.15, 0.2) is 26.2 Å². The number of aryl methyl sites for hydroxylation is 1. The van der Waals surface area contributed by atoms with E-state index in [1.165, 1.54) is 17.8 Å². The van der Waals surface area contributed by atoms with Crippen LogP contribution in [0, 0.1) is 18.8 Å². The second-order valence-electron chi connectivity index (χ2n) is 2.44.